The van der Waals surface area contributed by atoms with Crippen LogP contribution in [0.4, 0.5) is 4.79 Å². The highest BCUT2D eigenvalue weighted by Crippen LogP contribution is 2.15. The van der Waals surface area contributed by atoms with Gasteiger partial charge < -0.3 is 24.6 Å². The molecule has 1 atom stereocenters. The minimum absolute atomic E-state index is 0.0610. The predicted octanol–water partition coefficient (Wildman–Crippen LogP) is 0.658. The number of urea groups is 1. The van der Waals surface area contributed by atoms with E-state index < -0.39 is 24.0 Å². The second kappa shape index (κ2) is 6.95. The van der Waals surface area contributed by atoms with Crippen LogP contribution in [0.2, 0.25) is 0 Å². The summed E-state index contributed by atoms with van der Waals surface area (Å²) in [5, 5.41) is 8.58. The van der Waals surface area contributed by atoms with Crippen LogP contribution >= 0.6 is 0 Å². The highest BCUT2D eigenvalue weighted by molar-refractivity contribution is 5.95. The Morgan fingerprint density at radius 3 is 2.70 bits per heavy atom. The second-order valence-corrected chi connectivity index (χ2v) is 4.84. The fraction of sp³-hybridized carbons (Fsp3) is 0.429. The van der Waals surface area contributed by atoms with Gasteiger partial charge in [-0.2, -0.15) is 0 Å². The van der Waals surface area contributed by atoms with Crippen molar-refractivity contribution in [3.8, 4) is 0 Å². The molecule has 2 amide bonds. The molecule has 23 heavy (non-hydrogen) atoms. The first-order valence-corrected chi connectivity index (χ1v) is 7.00. The lowest BCUT2D eigenvalue weighted by molar-refractivity contribution is -0.139. The molecule has 0 saturated heterocycles. The van der Waals surface area contributed by atoms with E-state index in [1.165, 1.54) is 6.07 Å². The summed E-state index contributed by atoms with van der Waals surface area (Å²) in [6.45, 7) is 4.85. The summed E-state index contributed by atoms with van der Waals surface area (Å²) in [6.07, 6.45) is 0. The van der Waals surface area contributed by atoms with E-state index in [1.54, 1.807) is 20.8 Å². The van der Waals surface area contributed by atoms with E-state index >= 15 is 0 Å². The summed E-state index contributed by atoms with van der Waals surface area (Å²) >= 11 is 0. The maximum Gasteiger partial charge on any atom is 0.377 e. The minimum Gasteiger partial charge on any atom is -0.463 e. The molecule has 9 nitrogen and oxygen atoms in total. The van der Waals surface area contributed by atoms with Crippen molar-refractivity contribution in [3.63, 3.8) is 0 Å². The molecule has 1 aliphatic heterocycles. The van der Waals surface area contributed by atoms with Crippen molar-refractivity contribution in [3.05, 3.63) is 28.8 Å². The van der Waals surface area contributed by atoms with Gasteiger partial charge >= 0.3 is 18.0 Å². The van der Waals surface area contributed by atoms with Crippen molar-refractivity contribution in [1.82, 2.24) is 15.8 Å². The molecule has 1 aromatic heterocycles. The van der Waals surface area contributed by atoms with Crippen molar-refractivity contribution in [2.45, 2.75) is 26.8 Å². The van der Waals surface area contributed by atoms with Crippen LogP contribution in [0.5, 0.6) is 0 Å². The SMILES string of the molecule is CCOC(=O)C1=C(COC(=O)c2cc(C)no2)NC(=O)N[C@H]1C. The molecule has 9 heteroatoms. The number of hydrogen-bond acceptors (Lipinski definition) is 7. The van der Waals surface area contributed by atoms with Gasteiger partial charge in [-0.25, -0.2) is 14.4 Å². The molecule has 0 bridgehead atoms. The fourth-order valence-corrected chi connectivity index (χ4v) is 2.06. The molecule has 0 radical (unpaired) electrons. The van der Waals surface area contributed by atoms with E-state index in [-0.39, 0.29) is 30.2 Å². The standard InChI is InChI=1S/C14H17N3O6/c1-4-21-13(19)11-8(3)15-14(20)16-9(11)6-22-12(18)10-5-7(2)17-23-10/h5,8H,4,6H2,1-3H3,(H2,15,16,20)/t8-/m0/s1. The number of esters is 2. The molecule has 2 rings (SSSR count). The maximum absolute atomic E-state index is 12.0. The van der Waals surface area contributed by atoms with Crippen LogP contribution in [0.25, 0.3) is 0 Å². The number of aryl methyl sites for hydroxylation is 1. The molecule has 1 aliphatic rings. The van der Waals surface area contributed by atoms with Crippen LogP contribution in [-0.2, 0) is 14.3 Å². The van der Waals surface area contributed by atoms with Crippen molar-refractivity contribution in [2.24, 2.45) is 0 Å². The Kier molecular flexibility index (Phi) is 4.99. The lowest BCUT2D eigenvalue weighted by Gasteiger charge is -2.26. The average Bonchev–Trinajstić information content (AvgIpc) is 2.91. The van der Waals surface area contributed by atoms with Gasteiger partial charge in [0.1, 0.15) is 6.61 Å². The number of aromatic nitrogens is 1. The first-order chi connectivity index (χ1) is 10.9. The molecular formula is C14H17N3O6. The molecule has 0 aliphatic carbocycles. The highest BCUT2D eigenvalue weighted by atomic mass is 16.6. The number of carbonyl (C=O) groups is 3. The molecular weight excluding hydrogens is 306 g/mol. The van der Waals surface area contributed by atoms with Crippen molar-refractivity contribution in [2.75, 3.05) is 13.2 Å². The highest BCUT2D eigenvalue weighted by Gasteiger charge is 2.30. The van der Waals surface area contributed by atoms with Gasteiger partial charge in [0.15, 0.2) is 0 Å². The van der Waals surface area contributed by atoms with E-state index in [0.29, 0.717) is 5.69 Å². The number of nitrogens with one attached hydrogen (secondary N) is 2. The van der Waals surface area contributed by atoms with E-state index in [2.05, 4.69) is 15.8 Å². The Labute approximate surface area is 132 Å². The van der Waals surface area contributed by atoms with Gasteiger partial charge in [-0.15, -0.1) is 0 Å². The van der Waals surface area contributed by atoms with Crippen LogP contribution in [0.3, 0.4) is 0 Å². The van der Waals surface area contributed by atoms with E-state index in [9.17, 15) is 14.4 Å². The van der Waals surface area contributed by atoms with Gasteiger partial charge in [-0.1, -0.05) is 5.16 Å². The number of carbonyl (C=O) groups excluding carboxylic acids is 3. The minimum atomic E-state index is -0.748. The van der Waals surface area contributed by atoms with Crippen LogP contribution in [0.15, 0.2) is 21.9 Å². The van der Waals surface area contributed by atoms with Crippen molar-refractivity contribution >= 4 is 18.0 Å². The normalized spacial score (nSPS) is 17.3. The van der Waals surface area contributed by atoms with Crippen LogP contribution in [0.1, 0.15) is 30.1 Å². The topological polar surface area (TPSA) is 120 Å². The zero-order valence-electron chi connectivity index (χ0n) is 13.0. The fourth-order valence-electron chi connectivity index (χ4n) is 2.06. The van der Waals surface area contributed by atoms with Gasteiger partial charge in [-0.05, 0) is 20.8 Å². The third kappa shape index (κ3) is 3.87. The van der Waals surface area contributed by atoms with Crippen LogP contribution in [0, 0.1) is 6.92 Å². The van der Waals surface area contributed by atoms with Gasteiger partial charge in [0, 0.05) is 6.07 Å². The van der Waals surface area contributed by atoms with Crippen LogP contribution in [-0.4, -0.2) is 42.4 Å². The van der Waals surface area contributed by atoms with Crippen molar-refractivity contribution in [1.29, 1.82) is 0 Å². The maximum atomic E-state index is 12.0. The number of amides is 2. The Hall–Kier alpha value is -2.84. The summed E-state index contributed by atoms with van der Waals surface area (Å²) in [7, 11) is 0. The van der Waals surface area contributed by atoms with Gasteiger partial charge in [-0.3, -0.25) is 0 Å². The zero-order chi connectivity index (χ0) is 17.0. The van der Waals surface area contributed by atoms with Gasteiger partial charge in [0.2, 0.25) is 5.76 Å². The number of rotatable bonds is 5. The van der Waals surface area contributed by atoms with Gasteiger partial charge in [0.05, 0.1) is 29.6 Å². The number of ether oxygens (including phenoxy) is 2. The molecule has 0 unspecified atom stereocenters. The quantitative estimate of drug-likeness (QED) is 0.764. The first kappa shape index (κ1) is 16.5. The molecule has 1 aromatic rings. The van der Waals surface area contributed by atoms with Gasteiger partial charge in [0.25, 0.3) is 0 Å². The number of nitrogens with zero attached hydrogens (tertiary/aromatic N) is 1. The van der Waals surface area contributed by atoms with E-state index in [4.69, 9.17) is 14.0 Å². The van der Waals surface area contributed by atoms with Crippen molar-refractivity contribution < 1.29 is 28.4 Å². The second-order valence-electron chi connectivity index (χ2n) is 4.84. The molecule has 2 heterocycles. The summed E-state index contributed by atoms with van der Waals surface area (Å²) in [5.74, 6) is -1.40. The molecule has 124 valence electrons. The van der Waals surface area contributed by atoms with E-state index in [0.717, 1.165) is 0 Å². The summed E-state index contributed by atoms with van der Waals surface area (Å²) in [6, 6.07) is 0.364. The third-order valence-corrected chi connectivity index (χ3v) is 3.04. The van der Waals surface area contributed by atoms with E-state index in [1.807, 2.05) is 0 Å². The Morgan fingerprint density at radius 1 is 1.35 bits per heavy atom. The molecule has 0 fully saturated rings. The molecule has 0 spiro atoms. The summed E-state index contributed by atoms with van der Waals surface area (Å²) in [4.78, 5) is 35.4. The van der Waals surface area contributed by atoms with Crippen LogP contribution < -0.4 is 10.6 Å². The smallest absolute Gasteiger partial charge is 0.377 e. The Bertz CT molecular complexity index is 663. The first-order valence-electron chi connectivity index (χ1n) is 7.00. The predicted molar refractivity (Wildman–Crippen MR) is 76.3 cm³/mol. The lowest BCUT2D eigenvalue weighted by atomic mass is 10.0. The molecule has 0 aromatic carbocycles. The monoisotopic (exact) mass is 323 g/mol. The molecule has 2 N–H and O–H groups in total. The largest absolute Gasteiger partial charge is 0.463 e. The molecule has 0 saturated carbocycles. The summed E-state index contributed by atoms with van der Waals surface area (Å²) in [5.41, 5.74) is 0.907. The Balaban J connectivity index is 2.15. The number of hydrogen-bond donors (Lipinski definition) is 2. The average molecular weight is 323 g/mol. The third-order valence-electron chi connectivity index (χ3n) is 3.04. The lowest BCUT2D eigenvalue weighted by Crippen LogP contribution is -2.50. The Morgan fingerprint density at radius 2 is 2.09 bits per heavy atom. The zero-order valence-corrected chi connectivity index (χ0v) is 13.0. The summed E-state index contributed by atoms with van der Waals surface area (Å²) < 4.78 is 14.8.